The van der Waals surface area contributed by atoms with Gasteiger partial charge in [-0.2, -0.15) is 5.26 Å². The Morgan fingerprint density at radius 2 is 2.20 bits per heavy atom. The molecule has 1 atom stereocenters. The Kier molecular flexibility index (Phi) is 5.93. The molecule has 1 aliphatic heterocycles. The number of carbonyl (C=O) groups excluding carboxylic acids is 1. The molecular formula is C22H21N3O5. The molecule has 1 aromatic carbocycles. The molecule has 154 valence electrons. The quantitative estimate of drug-likeness (QED) is 0.557. The summed E-state index contributed by atoms with van der Waals surface area (Å²) in [6.45, 7) is 7.37. The van der Waals surface area contributed by atoms with Crippen LogP contribution in [0.3, 0.4) is 0 Å². The molecule has 3 N–H and O–H groups in total. The Balaban J connectivity index is 2.22. The van der Waals surface area contributed by atoms with Crippen molar-refractivity contribution in [2.45, 2.75) is 19.8 Å². The van der Waals surface area contributed by atoms with Gasteiger partial charge in [-0.25, -0.2) is 4.79 Å². The SMILES string of the molecule is C=CCOC(=O)C1=C(C)OC(N)=C(C#N)[C@@H]1c1cc2cc(OCC)ccc2[nH]c1=O. The van der Waals surface area contributed by atoms with Gasteiger partial charge in [0, 0.05) is 16.5 Å². The summed E-state index contributed by atoms with van der Waals surface area (Å²) < 4.78 is 16.1. The third-order valence-corrected chi connectivity index (χ3v) is 4.62. The number of esters is 1. The number of hydrogen-bond acceptors (Lipinski definition) is 7. The Morgan fingerprint density at radius 1 is 1.43 bits per heavy atom. The Labute approximate surface area is 172 Å². The number of ether oxygens (including phenoxy) is 3. The molecule has 0 spiro atoms. The number of nitriles is 1. The maximum Gasteiger partial charge on any atom is 0.338 e. The number of aromatic amines is 1. The number of fused-ring (bicyclic) bond motifs is 1. The van der Waals surface area contributed by atoms with Crippen molar-refractivity contribution in [3.63, 3.8) is 0 Å². The lowest BCUT2D eigenvalue weighted by Gasteiger charge is -2.26. The van der Waals surface area contributed by atoms with Gasteiger partial charge >= 0.3 is 5.97 Å². The van der Waals surface area contributed by atoms with E-state index in [9.17, 15) is 14.9 Å². The molecular weight excluding hydrogens is 386 g/mol. The minimum Gasteiger partial charge on any atom is -0.494 e. The molecule has 0 saturated carbocycles. The fraction of sp³-hybridized carbons (Fsp3) is 0.227. The van der Waals surface area contributed by atoms with Crippen molar-refractivity contribution in [1.29, 1.82) is 5.26 Å². The fourth-order valence-electron chi connectivity index (χ4n) is 3.34. The number of H-pyrrole nitrogens is 1. The van der Waals surface area contributed by atoms with Crippen molar-refractivity contribution in [2.75, 3.05) is 13.2 Å². The highest BCUT2D eigenvalue weighted by Gasteiger charge is 2.37. The van der Waals surface area contributed by atoms with Crippen LogP contribution in [0.25, 0.3) is 10.9 Å². The first-order valence-corrected chi connectivity index (χ1v) is 9.27. The molecule has 0 saturated heterocycles. The number of aromatic nitrogens is 1. The second-order valence-corrected chi connectivity index (χ2v) is 6.52. The van der Waals surface area contributed by atoms with E-state index in [0.29, 0.717) is 23.3 Å². The lowest BCUT2D eigenvalue weighted by Crippen LogP contribution is -2.29. The lowest BCUT2D eigenvalue weighted by molar-refractivity contribution is -0.138. The van der Waals surface area contributed by atoms with Crippen LogP contribution in [0.1, 0.15) is 25.3 Å². The molecule has 0 radical (unpaired) electrons. The number of rotatable bonds is 6. The molecule has 0 fully saturated rings. The van der Waals surface area contributed by atoms with Crippen molar-refractivity contribution in [1.82, 2.24) is 4.98 Å². The lowest BCUT2D eigenvalue weighted by atomic mass is 9.83. The molecule has 1 aromatic heterocycles. The highest BCUT2D eigenvalue weighted by molar-refractivity contribution is 5.93. The first kappa shape index (κ1) is 20.7. The van der Waals surface area contributed by atoms with E-state index >= 15 is 0 Å². The molecule has 0 bridgehead atoms. The van der Waals surface area contributed by atoms with Crippen LogP contribution in [0.2, 0.25) is 0 Å². The third kappa shape index (κ3) is 3.78. The van der Waals surface area contributed by atoms with Gasteiger partial charge in [0.25, 0.3) is 5.56 Å². The van der Waals surface area contributed by atoms with E-state index in [1.165, 1.54) is 13.0 Å². The van der Waals surface area contributed by atoms with E-state index in [-0.39, 0.29) is 35.0 Å². The number of hydrogen-bond donors (Lipinski definition) is 2. The summed E-state index contributed by atoms with van der Waals surface area (Å²) in [6, 6.07) is 8.82. The van der Waals surface area contributed by atoms with Gasteiger partial charge in [0.05, 0.1) is 18.1 Å². The first-order valence-electron chi connectivity index (χ1n) is 9.27. The zero-order chi connectivity index (χ0) is 21.8. The average Bonchev–Trinajstić information content (AvgIpc) is 2.71. The fourth-order valence-corrected chi connectivity index (χ4v) is 3.34. The van der Waals surface area contributed by atoms with Crippen LogP contribution < -0.4 is 16.0 Å². The van der Waals surface area contributed by atoms with Crippen LogP contribution >= 0.6 is 0 Å². The van der Waals surface area contributed by atoms with E-state index in [1.54, 1.807) is 24.3 Å². The standard InChI is InChI=1S/C22H21N3O5/c1-4-8-29-22(27)18-12(3)30-20(24)16(11-23)19(18)15-10-13-9-14(28-5-2)6-7-17(13)25-21(15)26/h4,6-7,9-10,19H,1,5,8,24H2,2-3H3,(H,25,26)/t19-/m0/s1. The van der Waals surface area contributed by atoms with E-state index in [2.05, 4.69) is 11.6 Å². The molecule has 30 heavy (non-hydrogen) atoms. The number of nitrogens with two attached hydrogens (primary N) is 1. The summed E-state index contributed by atoms with van der Waals surface area (Å²) in [5.41, 5.74) is 6.19. The summed E-state index contributed by atoms with van der Waals surface area (Å²) in [5, 5.41) is 10.4. The zero-order valence-corrected chi connectivity index (χ0v) is 16.7. The second-order valence-electron chi connectivity index (χ2n) is 6.52. The number of pyridine rings is 1. The molecule has 0 unspecified atom stereocenters. The summed E-state index contributed by atoms with van der Waals surface area (Å²) in [7, 11) is 0. The van der Waals surface area contributed by atoms with Crippen molar-refractivity contribution in [2.24, 2.45) is 5.73 Å². The molecule has 1 aliphatic rings. The molecule has 3 rings (SSSR count). The Bertz CT molecular complexity index is 1180. The number of nitrogens with one attached hydrogen (secondary N) is 1. The van der Waals surface area contributed by atoms with Crippen molar-refractivity contribution < 1.29 is 19.0 Å². The van der Waals surface area contributed by atoms with Gasteiger partial charge < -0.3 is 24.9 Å². The van der Waals surface area contributed by atoms with Crippen LogP contribution in [-0.2, 0) is 14.3 Å². The highest BCUT2D eigenvalue weighted by Crippen LogP contribution is 2.39. The second kappa shape index (κ2) is 8.57. The Hall–Kier alpha value is -3.99. The maximum absolute atomic E-state index is 12.9. The maximum atomic E-state index is 12.9. The summed E-state index contributed by atoms with van der Waals surface area (Å²) >= 11 is 0. The minimum absolute atomic E-state index is 0.0325. The van der Waals surface area contributed by atoms with E-state index in [0.717, 1.165) is 0 Å². The van der Waals surface area contributed by atoms with Gasteiger partial charge in [-0.3, -0.25) is 4.79 Å². The summed E-state index contributed by atoms with van der Waals surface area (Å²) in [6.07, 6.45) is 1.42. The topological polar surface area (TPSA) is 127 Å². The predicted octanol–water partition coefficient (Wildman–Crippen LogP) is 2.74. The number of nitrogens with zero attached hydrogens (tertiary/aromatic N) is 1. The Morgan fingerprint density at radius 3 is 2.87 bits per heavy atom. The smallest absolute Gasteiger partial charge is 0.338 e. The van der Waals surface area contributed by atoms with Crippen molar-refractivity contribution in [3.8, 4) is 11.8 Å². The summed E-state index contributed by atoms with van der Waals surface area (Å²) in [4.78, 5) is 28.4. The van der Waals surface area contributed by atoms with Crippen molar-refractivity contribution in [3.05, 3.63) is 75.6 Å². The summed E-state index contributed by atoms with van der Waals surface area (Å²) in [5.74, 6) is -1.14. The highest BCUT2D eigenvalue weighted by atomic mass is 16.5. The van der Waals surface area contributed by atoms with Gasteiger partial charge in [0.1, 0.15) is 29.8 Å². The number of allylic oxidation sites excluding steroid dienone is 2. The van der Waals surface area contributed by atoms with Gasteiger partial charge in [-0.1, -0.05) is 12.7 Å². The number of benzene rings is 1. The molecule has 0 amide bonds. The molecule has 8 heteroatoms. The monoisotopic (exact) mass is 407 g/mol. The van der Waals surface area contributed by atoms with Crippen LogP contribution in [0, 0.1) is 11.3 Å². The average molecular weight is 407 g/mol. The van der Waals surface area contributed by atoms with Gasteiger partial charge in [0.15, 0.2) is 0 Å². The van der Waals surface area contributed by atoms with Crippen LogP contribution in [0.4, 0.5) is 0 Å². The molecule has 8 nitrogen and oxygen atoms in total. The molecule has 0 aliphatic carbocycles. The van der Waals surface area contributed by atoms with Gasteiger partial charge in [0.2, 0.25) is 5.88 Å². The van der Waals surface area contributed by atoms with E-state index in [1.807, 2.05) is 13.0 Å². The van der Waals surface area contributed by atoms with Crippen LogP contribution in [-0.4, -0.2) is 24.2 Å². The van der Waals surface area contributed by atoms with Crippen molar-refractivity contribution >= 4 is 16.9 Å². The zero-order valence-electron chi connectivity index (χ0n) is 16.7. The third-order valence-electron chi connectivity index (χ3n) is 4.62. The predicted molar refractivity (Wildman–Crippen MR) is 110 cm³/mol. The minimum atomic E-state index is -1.04. The van der Waals surface area contributed by atoms with Gasteiger partial charge in [-0.05, 0) is 38.1 Å². The van der Waals surface area contributed by atoms with Crippen LogP contribution in [0.15, 0.2) is 64.5 Å². The first-order chi connectivity index (χ1) is 14.4. The number of carbonyl (C=O) groups is 1. The molecule has 2 heterocycles. The van der Waals surface area contributed by atoms with Crippen LogP contribution in [0.5, 0.6) is 5.75 Å². The van der Waals surface area contributed by atoms with E-state index in [4.69, 9.17) is 19.9 Å². The van der Waals surface area contributed by atoms with Gasteiger partial charge in [-0.15, -0.1) is 0 Å². The van der Waals surface area contributed by atoms with E-state index < -0.39 is 17.4 Å². The normalized spacial score (nSPS) is 16.1. The largest absolute Gasteiger partial charge is 0.494 e. The molecule has 2 aromatic rings.